The molecule has 12 heteroatoms. The molecule has 14 rings (SSSR count). The third-order valence-electron chi connectivity index (χ3n) is 19.5. The van der Waals surface area contributed by atoms with E-state index >= 15 is 0 Å². The molecule has 2 N–H and O–H groups in total. The largest absolute Gasteiger partial charge is 1.00 e. The van der Waals surface area contributed by atoms with E-state index in [0.29, 0.717) is 35.3 Å². The average Bonchev–Trinajstić information content (AvgIpc) is 4.07. The van der Waals surface area contributed by atoms with E-state index in [1.54, 1.807) is 24.3 Å². The molecule has 0 unspecified atom stereocenters. The maximum atomic E-state index is 12.8. The van der Waals surface area contributed by atoms with Gasteiger partial charge < -0.3 is 53.1 Å². The molecule has 6 saturated heterocycles. The van der Waals surface area contributed by atoms with E-state index in [1.807, 2.05) is 97.1 Å². The highest BCUT2D eigenvalue weighted by Gasteiger charge is 2.62. The fraction of sp³-hybridized carbons (Fsp3) is 0.412. The van der Waals surface area contributed by atoms with E-state index < -0.39 is 11.2 Å². The molecule has 0 spiro atoms. The maximum absolute atomic E-state index is 12.8. The zero-order chi connectivity index (χ0) is 54.4. The second-order valence-corrected chi connectivity index (χ2v) is 23.4. The molecule has 80 heavy (non-hydrogen) atoms. The third-order valence-corrected chi connectivity index (χ3v) is 19.5. The van der Waals surface area contributed by atoms with Crippen molar-refractivity contribution in [1.82, 2.24) is 9.80 Å². The molecule has 422 valence electrons. The van der Waals surface area contributed by atoms with Crippen LogP contribution in [-0.2, 0) is 11.2 Å². The molecule has 0 radical (unpaired) electrons. The van der Waals surface area contributed by atoms with Crippen molar-refractivity contribution in [2.45, 2.75) is 102 Å². The number of hydrogen-bond acceptors (Lipinski definition) is 6. The van der Waals surface area contributed by atoms with Crippen molar-refractivity contribution in [2.75, 3.05) is 65.4 Å². The number of unbranched alkanes of at least 4 members (excludes halogenated alkanes) is 5. The molecular formula is C68H80Br2N4O6. The monoisotopic (exact) mass is 1210 g/mol. The summed E-state index contributed by atoms with van der Waals surface area (Å²) in [6.45, 7) is 12.6. The van der Waals surface area contributed by atoms with Crippen molar-refractivity contribution in [3.63, 3.8) is 0 Å². The number of fused-ring (bicyclic) bond motifs is 8. The minimum Gasteiger partial charge on any atom is -1.00 e. The summed E-state index contributed by atoms with van der Waals surface area (Å²) in [5.41, 5.74) is 3.35. The van der Waals surface area contributed by atoms with Crippen molar-refractivity contribution >= 4 is 23.6 Å². The number of halogens is 2. The molecule has 0 saturated carbocycles. The molecular weight excluding hydrogens is 1130 g/mol. The number of carbonyl (C=O) groups is 4. The molecule has 4 bridgehead atoms. The predicted octanol–water partition coefficient (Wildman–Crippen LogP) is 5.81. The van der Waals surface area contributed by atoms with E-state index in [9.17, 15) is 29.4 Å². The average molecular weight is 1210 g/mol. The summed E-state index contributed by atoms with van der Waals surface area (Å²) in [7, 11) is 0. The summed E-state index contributed by atoms with van der Waals surface area (Å²) < 4.78 is 1.82. The van der Waals surface area contributed by atoms with Gasteiger partial charge in [0.2, 0.25) is 0 Å². The van der Waals surface area contributed by atoms with Crippen LogP contribution in [0.5, 0.6) is 0 Å². The Bertz CT molecular complexity index is 2660. The number of amides is 4. The lowest BCUT2D eigenvalue weighted by molar-refractivity contribution is -0.945. The highest BCUT2D eigenvalue weighted by molar-refractivity contribution is 6.22. The fourth-order valence-electron chi connectivity index (χ4n) is 14.5. The van der Waals surface area contributed by atoms with Crippen LogP contribution in [0.15, 0.2) is 170 Å². The summed E-state index contributed by atoms with van der Waals surface area (Å²) in [6, 6.07) is 54.7. The maximum Gasteiger partial charge on any atom is 0.261 e. The van der Waals surface area contributed by atoms with Gasteiger partial charge in [-0.3, -0.25) is 29.0 Å². The number of quaternary nitrogens is 2. The van der Waals surface area contributed by atoms with Gasteiger partial charge in [-0.05, 0) is 46.5 Å². The first-order chi connectivity index (χ1) is 37.9. The van der Waals surface area contributed by atoms with Crippen molar-refractivity contribution in [2.24, 2.45) is 10.8 Å². The van der Waals surface area contributed by atoms with E-state index in [0.717, 1.165) is 122 Å². The van der Waals surface area contributed by atoms with Gasteiger partial charge in [-0.2, -0.15) is 0 Å². The quantitative estimate of drug-likeness (QED) is 0.0678. The Morgan fingerprint density at radius 3 is 0.825 bits per heavy atom. The van der Waals surface area contributed by atoms with Gasteiger partial charge in [0.05, 0.1) is 87.7 Å². The van der Waals surface area contributed by atoms with Gasteiger partial charge in [0.1, 0.15) is 11.2 Å². The Labute approximate surface area is 495 Å². The highest BCUT2D eigenvalue weighted by Crippen LogP contribution is 2.59. The van der Waals surface area contributed by atoms with Crippen molar-refractivity contribution in [3.8, 4) is 0 Å². The third kappa shape index (κ3) is 11.2. The van der Waals surface area contributed by atoms with Crippen LogP contribution in [0.1, 0.15) is 155 Å². The standard InChI is InChI=1S/2C30H31N2O3.C8H18.2BrH/c2*33-27-25-13-7-8-14-26(25)28(34)31(27)18-22-32-19-15-29(16-20-32,17-21-32)30(35,23-9-3-1-4-10-23)24-11-5-2-6-12-24;1-3-5-7-8-6-4-2;;/h2*1-14,35H,15-22H2;3-8H2,1-2H3;2*1H/q2*+1;;;/p-2. The Morgan fingerprint density at radius 1 is 0.375 bits per heavy atom. The van der Waals surface area contributed by atoms with Crippen molar-refractivity contribution in [1.29, 1.82) is 0 Å². The van der Waals surface area contributed by atoms with Gasteiger partial charge in [0.15, 0.2) is 0 Å². The van der Waals surface area contributed by atoms with Crippen LogP contribution < -0.4 is 34.0 Å². The number of hydrogen-bond donors (Lipinski definition) is 2. The number of aliphatic hydroxyl groups is 2. The fourth-order valence-corrected chi connectivity index (χ4v) is 14.5. The van der Waals surface area contributed by atoms with Gasteiger partial charge >= 0.3 is 0 Å². The Hall–Kier alpha value is -5.60. The van der Waals surface area contributed by atoms with Crippen LogP contribution >= 0.6 is 0 Å². The molecule has 6 fully saturated rings. The Balaban J connectivity index is 0.000000181. The molecule has 8 heterocycles. The predicted molar refractivity (Wildman–Crippen MR) is 306 cm³/mol. The number of nitrogens with zero attached hydrogens (tertiary/aromatic N) is 4. The first-order valence-corrected chi connectivity index (χ1v) is 29.2. The minimum absolute atomic E-state index is 0. The van der Waals surface area contributed by atoms with Gasteiger partial charge in [0, 0.05) is 49.4 Å². The van der Waals surface area contributed by atoms with Gasteiger partial charge in [0.25, 0.3) is 23.6 Å². The summed E-state index contributed by atoms with van der Waals surface area (Å²) in [4.78, 5) is 54.2. The van der Waals surface area contributed by atoms with Crippen LogP contribution in [0.4, 0.5) is 0 Å². The van der Waals surface area contributed by atoms with Crippen LogP contribution in [0.2, 0.25) is 0 Å². The summed E-state index contributed by atoms with van der Waals surface area (Å²) in [5, 5.41) is 25.0. The molecule has 10 nitrogen and oxygen atoms in total. The first kappa shape index (κ1) is 60.5. The minimum atomic E-state index is -1.05. The smallest absolute Gasteiger partial charge is 0.261 e. The topological polar surface area (TPSA) is 115 Å². The number of carbonyl (C=O) groups excluding carboxylic acids is 4. The molecule has 0 aliphatic carbocycles. The Kier molecular flexibility index (Phi) is 19.4. The van der Waals surface area contributed by atoms with Crippen molar-refractivity contribution < 1.29 is 72.3 Å². The van der Waals surface area contributed by atoms with Gasteiger partial charge in [-0.15, -0.1) is 0 Å². The molecule has 0 atom stereocenters. The van der Waals surface area contributed by atoms with Crippen LogP contribution in [0, 0.1) is 10.8 Å². The Morgan fingerprint density at radius 2 is 0.600 bits per heavy atom. The van der Waals surface area contributed by atoms with Gasteiger partial charge in [-0.1, -0.05) is 198 Å². The van der Waals surface area contributed by atoms with Crippen LogP contribution in [0.3, 0.4) is 0 Å². The zero-order valence-electron chi connectivity index (χ0n) is 46.8. The molecule has 0 aromatic heterocycles. The molecule has 6 aromatic carbocycles. The molecule has 4 amide bonds. The van der Waals surface area contributed by atoms with E-state index in [4.69, 9.17) is 0 Å². The normalized spacial score (nSPS) is 23.4. The molecule has 6 aromatic rings. The van der Waals surface area contributed by atoms with E-state index in [1.165, 1.54) is 48.3 Å². The number of rotatable bonds is 17. The summed E-state index contributed by atoms with van der Waals surface area (Å²) >= 11 is 0. The second-order valence-electron chi connectivity index (χ2n) is 23.4. The highest BCUT2D eigenvalue weighted by atomic mass is 79.9. The van der Waals surface area contributed by atoms with Gasteiger partial charge in [-0.25, -0.2) is 0 Å². The lowest BCUT2D eigenvalue weighted by Gasteiger charge is -2.60. The number of benzene rings is 6. The number of piperidine rings is 6. The second kappa shape index (κ2) is 25.7. The lowest BCUT2D eigenvalue weighted by atomic mass is 9.56. The van der Waals surface area contributed by atoms with E-state index in [-0.39, 0.29) is 68.4 Å². The van der Waals surface area contributed by atoms with Crippen LogP contribution in [0.25, 0.3) is 0 Å². The van der Waals surface area contributed by atoms with Crippen molar-refractivity contribution in [3.05, 3.63) is 214 Å². The summed E-state index contributed by atoms with van der Waals surface area (Å²) in [5.74, 6) is -0.686. The molecule has 8 aliphatic heterocycles. The number of imide groups is 2. The summed E-state index contributed by atoms with van der Waals surface area (Å²) in [6.07, 6.45) is 14.0. The molecule has 8 aliphatic rings. The lowest BCUT2D eigenvalue weighted by Crippen LogP contribution is -3.00. The zero-order valence-corrected chi connectivity index (χ0v) is 50.0. The SMILES string of the molecule is CCCCCCCC.O=C1c2ccccc2C(=O)N1CC[N+]12CCC(C(O)(c3ccccc3)c3ccccc3)(CC1)CC2.O=C1c2ccccc2C(=O)N1CC[N+]12CCC(C(O)(c3ccccc3)c3ccccc3)(CC1)CC2.[Br-].[Br-]. The first-order valence-electron chi connectivity index (χ1n) is 29.2. The van der Waals surface area contributed by atoms with Crippen LogP contribution in [-0.4, -0.2) is 118 Å². The van der Waals surface area contributed by atoms with E-state index in [2.05, 4.69) is 62.4 Å².